The minimum Gasteiger partial charge on any atom is -0.504 e. The van der Waals surface area contributed by atoms with Crippen LogP contribution in [-0.4, -0.2) is 34.2 Å². The first kappa shape index (κ1) is 24.0. The van der Waals surface area contributed by atoms with Gasteiger partial charge in [0.1, 0.15) is 17.1 Å². The van der Waals surface area contributed by atoms with E-state index in [1.54, 1.807) is 19.1 Å². The normalized spacial score (nSPS) is 12.2. The van der Waals surface area contributed by atoms with Gasteiger partial charge in [0.25, 0.3) is 0 Å². The zero-order valence-corrected chi connectivity index (χ0v) is 18.3. The number of carboxylic acids is 1. The molecule has 0 aliphatic rings. The zero-order chi connectivity index (χ0) is 23.3. The van der Waals surface area contributed by atoms with E-state index < -0.39 is 12.1 Å². The van der Waals surface area contributed by atoms with Crippen molar-refractivity contribution in [3.05, 3.63) is 52.6 Å². The topological polar surface area (TPSA) is 113 Å². The molecule has 2 aromatic rings. The number of hydrogen-bond donors (Lipinski definition) is 3. The summed E-state index contributed by atoms with van der Waals surface area (Å²) in [5.41, 5.74) is 1.21. The Kier molecular flexibility index (Phi) is 7.83. The summed E-state index contributed by atoms with van der Waals surface area (Å²) in [5.74, 6) is -1.59. The monoisotopic (exact) mass is 428 g/mol. The standard InChI is InChI=1S/C24H28O7/c1-13(2)10-18(26)17-8-9-20(21(24(28)29)23(17)30-5)31-22-16(7-6-15(4)25)11-14(3)12-19(22)27/h6-9,11-13,18,26-27H,10H2,1-5H3,(H,28,29). The van der Waals surface area contributed by atoms with E-state index in [0.717, 1.165) is 5.56 Å². The maximum absolute atomic E-state index is 12.1. The second kappa shape index (κ2) is 10.1. The van der Waals surface area contributed by atoms with Crippen LogP contribution >= 0.6 is 0 Å². The molecule has 0 aliphatic heterocycles. The number of aromatic carboxylic acids is 1. The Balaban J connectivity index is 2.63. The summed E-state index contributed by atoms with van der Waals surface area (Å²) < 4.78 is 11.2. The van der Waals surface area contributed by atoms with Gasteiger partial charge in [0.05, 0.1) is 13.2 Å². The van der Waals surface area contributed by atoms with E-state index in [0.29, 0.717) is 17.5 Å². The first-order valence-electron chi connectivity index (χ1n) is 9.87. The molecule has 0 amide bonds. The number of ether oxygens (including phenoxy) is 2. The van der Waals surface area contributed by atoms with Crippen LogP contribution in [0.3, 0.4) is 0 Å². The van der Waals surface area contributed by atoms with Crippen molar-refractivity contribution < 1.29 is 34.4 Å². The van der Waals surface area contributed by atoms with Crippen LogP contribution in [0.15, 0.2) is 30.3 Å². The molecule has 1 unspecified atom stereocenters. The van der Waals surface area contributed by atoms with Gasteiger partial charge in [-0.25, -0.2) is 4.79 Å². The maximum atomic E-state index is 12.1. The highest BCUT2D eigenvalue weighted by Gasteiger charge is 2.26. The number of carboxylic acid groups (broad SMARTS) is 1. The van der Waals surface area contributed by atoms with E-state index in [1.807, 2.05) is 13.8 Å². The number of aromatic hydroxyl groups is 1. The Hall–Kier alpha value is -3.32. The minimum atomic E-state index is -1.31. The number of allylic oxidation sites excluding steroid dienone is 1. The van der Waals surface area contributed by atoms with Crippen molar-refractivity contribution in [2.75, 3.05) is 7.11 Å². The second-order valence-corrected chi connectivity index (χ2v) is 7.76. The van der Waals surface area contributed by atoms with Gasteiger partial charge in [0, 0.05) is 11.1 Å². The number of rotatable bonds is 9. The molecule has 0 aliphatic carbocycles. The van der Waals surface area contributed by atoms with Crippen LogP contribution in [0.25, 0.3) is 6.08 Å². The molecule has 0 radical (unpaired) electrons. The zero-order valence-electron chi connectivity index (χ0n) is 18.3. The molecule has 0 bridgehead atoms. The lowest BCUT2D eigenvalue weighted by atomic mass is 9.96. The van der Waals surface area contributed by atoms with Crippen LogP contribution in [0.1, 0.15) is 60.3 Å². The predicted molar refractivity (Wildman–Crippen MR) is 117 cm³/mol. The maximum Gasteiger partial charge on any atom is 0.343 e. The number of hydrogen-bond acceptors (Lipinski definition) is 6. The number of phenols is 1. The van der Waals surface area contributed by atoms with Gasteiger partial charge in [-0.2, -0.15) is 0 Å². The first-order valence-corrected chi connectivity index (χ1v) is 9.87. The highest BCUT2D eigenvalue weighted by Crippen LogP contribution is 2.42. The quantitative estimate of drug-likeness (QED) is 0.488. The number of aliphatic hydroxyl groups is 1. The van der Waals surface area contributed by atoms with Gasteiger partial charge in [-0.1, -0.05) is 13.8 Å². The summed E-state index contributed by atoms with van der Waals surface area (Å²) in [5, 5.41) is 30.8. The summed E-state index contributed by atoms with van der Waals surface area (Å²) in [6, 6.07) is 6.14. The molecule has 2 aromatic carbocycles. The van der Waals surface area contributed by atoms with Crippen molar-refractivity contribution in [1.82, 2.24) is 0 Å². The first-order chi connectivity index (χ1) is 14.5. The highest BCUT2D eigenvalue weighted by atomic mass is 16.5. The summed E-state index contributed by atoms with van der Waals surface area (Å²) in [4.78, 5) is 23.4. The molecular formula is C24H28O7. The van der Waals surface area contributed by atoms with Gasteiger partial charge in [0.2, 0.25) is 0 Å². The van der Waals surface area contributed by atoms with Gasteiger partial charge >= 0.3 is 5.97 Å². The molecule has 0 spiro atoms. The van der Waals surface area contributed by atoms with Crippen LogP contribution in [0.2, 0.25) is 0 Å². The number of aryl methyl sites for hydroxylation is 1. The number of aliphatic hydroxyl groups excluding tert-OH is 1. The van der Waals surface area contributed by atoms with Crippen LogP contribution in [0.5, 0.6) is 23.0 Å². The van der Waals surface area contributed by atoms with Crippen LogP contribution in [0.4, 0.5) is 0 Å². The fraction of sp³-hybridized carbons (Fsp3) is 0.333. The van der Waals surface area contributed by atoms with Gasteiger partial charge < -0.3 is 24.8 Å². The molecule has 3 N–H and O–H groups in total. The molecule has 1 atom stereocenters. The Bertz CT molecular complexity index is 1010. The molecule has 0 saturated carbocycles. The van der Waals surface area contributed by atoms with Crippen molar-refractivity contribution in [1.29, 1.82) is 0 Å². The highest BCUT2D eigenvalue weighted by molar-refractivity contribution is 5.95. The lowest BCUT2D eigenvalue weighted by Crippen LogP contribution is -2.10. The lowest BCUT2D eigenvalue weighted by molar-refractivity contribution is -0.112. The van der Waals surface area contributed by atoms with E-state index >= 15 is 0 Å². The van der Waals surface area contributed by atoms with Crippen molar-refractivity contribution in [2.24, 2.45) is 5.92 Å². The smallest absolute Gasteiger partial charge is 0.343 e. The van der Waals surface area contributed by atoms with E-state index in [-0.39, 0.29) is 40.3 Å². The third-order valence-corrected chi connectivity index (χ3v) is 4.57. The SMILES string of the molecule is COc1c(C(O)CC(C)C)ccc(Oc2c(O)cc(C)cc2C=CC(C)=O)c1C(=O)O. The molecule has 7 nitrogen and oxygen atoms in total. The average molecular weight is 428 g/mol. The predicted octanol–water partition coefficient (Wildman–Crippen LogP) is 4.88. The van der Waals surface area contributed by atoms with E-state index in [9.17, 15) is 24.9 Å². The molecule has 7 heteroatoms. The van der Waals surface area contributed by atoms with Crippen LogP contribution in [0, 0.1) is 12.8 Å². The minimum absolute atomic E-state index is 0.00290. The van der Waals surface area contributed by atoms with Crippen molar-refractivity contribution in [3.8, 4) is 23.0 Å². The Morgan fingerprint density at radius 3 is 2.39 bits per heavy atom. The van der Waals surface area contributed by atoms with Crippen molar-refractivity contribution in [3.63, 3.8) is 0 Å². The van der Waals surface area contributed by atoms with Crippen molar-refractivity contribution >= 4 is 17.8 Å². The van der Waals surface area contributed by atoms with Crippen molar-refractivity contribution in [2.45, 2.75) is 40.2 Å². The summed E-state index contributed by atoms with van der Waals surface area (Å²) in [7, 11) is 1.32. The number of carbonyl (C=O) groups excluding carboxylic acids is 1. The van der Waals surface area contributed by atoms with Gasteiger partial charge in [-0.05, 0) is 68.2 Å². The van der Waals surface area contributed by atoms with Crippen LogP contribution < -0.4 is 9.47 Å². The third kappa shape index (κ3) is 5.86. The molecule has 166 valence electrons. The summed E-state index contributed by atoms with van der Waals surface area (Å²) in [6.45, 7) is 7.05. The van der Waals surface area contributed by atoms with Gasteiger partial charge in [-0.3, -0.25) is 4.79 Å². The number of ketones is 1. The fourth-order valence-corrected chi connectivity index (χ4v) is 3.26. The second-order valence-electron chi connectivity index (χ2n) is 7.76. The Morgan fingerprint density at radius 1 is 1.16 bits per heavy atom. The van der Waals surface area contributed by atoms with E-state index in [1.165, 1.54) is 38.3 Å². The Labute approximate surface area is 181 Å². The molecule has 0 fully saturated rings. The van der Waals surface area contributed by atoms with Gasteiger partial charge in [-0.15, -0.1) is 0 Å². The number of benzene rings is 2. The molecule has 0 heterocycles. The molecule has 0 aromatic heterocycles. The number of phenolic OH excluding ortho intramolecular Hbond substituents is 1. The van der Waals surface area contributed by atoms with E-state index in [4.69, 9.17) is 9.47 Å². The Morgan fingerprint density at radius 2 is 1.84 bits per heavy atom. The average Bonchev–Trinajstić information content (AvgIpc) is 2.66. The summed E-state index contributed by atoms with van der Waals surface area (Å²) >= 11 is 0. The van der Waals surface area contributed by atoms with E-state index in [2.05, 4.69) is 0 Å². The largest absolute Gasteiger partial charge is 0.504 e. The lowest BCUT2D eigenvalue weighted by Gasteiger charge is -2.20. The third-order valence-electron chi connectivity index (χ3n) is 4.57. The van der Waals surface area contributed by atoms with Gasteiger partial charge in [0.15, 0.2) is 17.3 Å². The number of carbonyl (C=O) groups is 2. The molecule has 31 heavy (non-hydrogen) atoms. The molecule has 2 rings (SSSR count). The molecular weight excluding hydrogens is 400 g/mol. The summed E-state index contributed by atoms with van der Waals surface area (Å²) in [6.07, 6.45) is 2.33. The number of methoxy groups -OCH3 is 1. The molecule has 0 saturated heterocycles. The van der Waals surface area contributed by atoms with Crippen LogP contribution in [-0.2, 0) is 4.79 Å². The fourth-order valence-electron chi connectivity index (χ4n) is 3.26.